The second-order valence-electron chi connectivity index (χ2n) is 4.01. The normalized spacial score (nSPS) is 12.2. The fraction of sp³-hybridized carbons (Fsp3) is 0.267. The Morgan fingerprint density at radius 2 is 2.12 bits per heavy atom. The predicted molar refractivity (Wildman–Crippen MR) is 71.6 cm³/mol. The molecule has 2 nitrogen and oxygen atoms in total. The maximum Gasteiger partial charge on any atom is 0.0706 e. The first-order chi connectivity index (χ1) is 8.35. The molecule has 0 bridgehead atoms. The third-order valence-electron chi connectivity index (χ3n) is 2.90. The summed E-state index contributed by atoms with van der Waals surface area (Å²) in [4.78, 5) is 4.67. The molecular weight excluding hydrogens is 208 g/mol. The summed E-state index contributed by atoms with van der Waals surface area (Å²) in [5.41, 5.74) is 2.09. The highest BCUT2D eigenvalue weighted by Crippen LogP contribution is 2.19. The lowest BCUT2D eigenvalue weighted by molar-refractivity contribution is 0.546. The number of pyridine rings is 1. The molecule has 1 unspecified atom stereocenters. The molecule has 2 heteroatoms. The first-order valence-electron chi connectivity index (χ1n) is 5.81. The number of para-hydroxylation sites is 1. The molecule has 0 saturated heterocycles. The van der Waals surface area contributed by atoms with Crippen molar-refractivity contribution in [1.82, 2.24) is 10.3 Å². The van der Waals surface area contributed by atoms with Gasteiger partial charge < -0.3 is 5.32 Å². The monoisotopic (exact) mass is 224 g/mol. The Morgan fingerprint density at radius 3 is 2.88 bits per heavy atom. The molecule has 1 aromatic carbocycles. The van der Waals surface area contributed by atoms with Gasteiger partial charge in [0.05, 0.1) is 17.3 Å². The van der Waals surface area contributed by atoms with Gasteiger partial charge in [0, 0.05) is 11.8 Å². The molecule has 1 heterocycles. The molecule has 1 N–H and O–H groups in total. The van der Waals surface area contributed by atoms with Crippen molar-refractivity contribution in [2.45, 2.75) is 18.9 Å². The van der Waals surface area contributed by atoms with E-state index in [1.54, 1.807) is 0 Å². The van der Waals surface area contributed by atoms with Crippen LogP contribution in [-0.2, 0) is 0 Å². The summed E-state index contributed by atoms with van der Waals surface area (Å²) in [6, 6.07) is 12.6. The third kappa shape index (κ3) is 2.64. The highest BCUT2D eigenvalue weighted by Gasteiger charge is 2.10. The Hall–Kier alpha value is -1.85. The average Bonchev–Trinajstić information content (AvgIpc) is 2.39. The minimum absolute atomic E-state index is 0.232. The third-order valence-corrected chi connectivity index (χ3v) is 2.90. The van der Waals surface area contributed by atoms with Crippen molar-refractivity contribution in [3.05, 3.63) is 42.1 Å². The number of terminal acetylenes is 1. The number of nitrogens with zero attached hydrogens (tertiary/aromatic N) is 1. The van der Waals surface area contributed by atoms with Crippen LogP contribution in [0.2, 0.25) is 0 Å². The summed E-state index contributed by atoms with van der Waals surface area (Å²) in [5.74, 6) is 2.67. The molecule has 0 radical (unpaired) electrons. The zero-order valence-corrected chi connectivity index (χ0v) is 9.98. The Morgan fingerprint density at radius 1 is 1.29 bits per heavy atom. The Bertz CT molecular complexity index is 540. The number of aromatic nitrogens is 1. The lowest BCUT2D eigenvalue weighted by Crippen LogP contribution is -2.17. The first kappa shape index (κ1) is 11.6. The molecule has 0 aliphatic rings. The number of hydrogen-bond acceptors (Lipinski definition) is 2. The van der Waals surface area contributed by atoms with E-state index in [1.165, 1.54) is 5.39 Å². The summed E-state index contributed by atoms with van der Waals surface area (Å²) < 4.78 is 0. The molecule has 0 aliphatic heterocycles. The van der Waals surface area contributed by atoms with Crippen LogP contribution in [0.3, 0.4) is 0 Å². The van der Waals surface area contributed by atoms with Gasteiger partial charge in [-0.3, -0.25) is 4.98 Å². The van der Waals surface area contributed by atoms with E-state index in [-0.39, 0.29) is 6.04 Å². The maximum atomic E-state index is 5.30. The summed E-state index contributed by atoms with van der Waals surface area (Å²) in [6.45, 7) is 0. The number of rotatable bonds is 4. The second kappa shape index (κ2) is 5.47. The fourth-order valence-corrected chi connectivity index (χ4v) is 1.94. The summed E-state index contributed by atoms with van der Waals surface area (Å²) in [7, 11) is 1.94. The summed E-state index contributed by atoms with van der Waals surface area (Å²) >= 11 is 0. The molecule has 86 valence electrons. The lowest BCUT2D eigenvalue weighted by atomic mass is 10.1. The molecule has 2 rings (SSSR count). The quantitative estimate of drug-likeness (QED) is 0.808. The van der Waals surface area contributed by atoms with E-state index >= 15 is 0 Å². The van der Waals surface area contributed by atoms with Crippen LogP contribution in [0.15, 0.2) is 36.4 Å². The molecule has 0 amide bonds. The standard InChI is InChI=1S/C15H16N2/c1-3-4-8-14(16-2)15-11-10-12-7-5-6-9-13(12)17-15/h1,5-7,9-11,14,16H,4,8H2,2H3. The minimum atomic E-state index is 0.232. The van der Waals surface area contributed by atoms with Gasteiger partial charge >= 0.3 is 0 Å². The number of nitrogens with one attached hydrogen (secondary N) is 1. The molecule has 1 aromatic heterocycles. The molecule has 1 atom stereocenters. The van der Waals surface area contributed by atoms with Gasteiger partial charge in [-0.2, -0.15) is 0 Å². The SMILES string of the molecule is C#CCCC(NC)c1ccc2ccccc2n1. The highest BCUT2D eigenvalue weighted by atomic mass is 14.9. The van der Waals surface area contributed by atoms with Crippen molar-refractivity contribution in [2.24, 2.45) is 0 Å². The first-order valence-corrected chi connectivity index (χ1v) is 5.81. The molecule has 17 heavy (non-hydrogen) atoms. The van der Waals surface area contributed by atoms with Crippen LogP contribution in [-0.4, -0.2) is 12.0 Å². The van der Waals surface area contributed by atoms with Crippen LogP contribution in [0.5, 0.6) is 0 Å². The molecular formula is C15H16N2. The lowest BCUT2D eigenvalue weighted by Gasteiger charge is -2.14. The molecule has 0 spiro atoms. The smallest absolute Gasteiger partial charge is 0.0706 e. The van der Waals surface area contributed by atoms with E-state index < -0.39 is 0 Å². The second-order valence-corrected chi connectivity index (χ2v) is 4.01. The largest absolute Gasteiger partial charge is 0.312 e. The maximum absolute atomic E-state index is 5.30. The number of benzene rings is 1. The van der Waals surface area contributed by atoms with Crippen molar-refractivity contribution in [3.63, 3.8) is 0 Å². The zero-order chi connectivity index (χ0) is 12.1. The topological polar surface area (TPSA) is 24.9 Å². The van der Waals surface area contributed by atoms with Crippen molar-refractivity contribution in [2.75, 3.05) is 7.05 Å². The van der Waals surface area contributed by atoms with Crippen LogP contribution in [0.1, 0.15) is 24.6 Å². The summed E-state index contributed by atoms with van der Waals surface area (Å²) in [6.07, 6.45) is 6.98. The van der Waals surface area contributed by atoms with Crippen molar-refractivity contribution in [1.29, 1.82) is 0 Å². The van der Waals surface area contributed by atoms with E-state index in [4.69, 9.17) is 6.42 Å². The van der Waals surface area contributed by atoms with Crippen LogP contribution in [0.25, 0.3) is 10.9 Å². The highest BCUT2D eigenvalue weighted by molar-refractivity contribution is 5.78. The number of hydrogen-bond donors (Lipinski definition) is 1. The zero-order valence-electron chi connectivity index (χ0n) is 9.98. The number of fused-ring (bicyclic) bond motifs is 1. The van der Waals surface area contributed by atoms with E-state index in [1.807, 2.05) is 25.2 Å². The van der Waals surface area contributed by atoms with Gasteiger partial charge in [0.15, 0.2) is 0 Å². The van der Waals surface area contributed by atoms with Gasteiger partial charge in [0.25, 0.3) is 0 Å². The van der Waals surface area contributed by atoms with Crippen LogP contribution >= 0.6 is 0 Å². The van der Waals surface area contributed by atoms with Gasteiger partial charge in [0.1, 0.15) is 0 Å². The van der Waals surface area contributed by atoms with E-state index in [9.17, 15) is 0 Å². The van der Waals surface area contributed by atoms with E-state index in [0.717, 1.165) is 24.1 Å². The van der Waals surface area contributed by atoms with Gasteiger partial charge in [-0.15, -0.1) is 12.3 Å². The molecule has 0 aliphatic carbocycles. The summed E-state index contributed by atoms with van der Waals surface area (Å²) in [5, 5.41) is 4.43. The molecule has 0 fully saturated rings. The van der Waals surface area contributed by atoms with Crippen molar-refractivity contribution >= 4 is 10.9 Å². The van der Waals surface area contributed by atoms with E-state index in [2.05, 4.69) is 34.4 Å². The average molecular weight is 224 g/mol. The van der Waals surface area contributed by atoms with Gasteiger partial charge in [0.2, 0.25) is 0 Å². The van der Waals surface area contributed by atoms with Gasteiger partial charge in [-0.1, -0.05) is 24.3 Å². The van der Waals surface area contributed by atoms with Crippen LogP contribution in [0, 0.1) is 12.3 Å². The Labute approximate surface area is 102 Å². The van der Waals surface area contributed by atoms with Crippen molar-refractivity contribution in [3.8, 4) is 12.3 Å². The van der Waals surface area contributed by atoms with Gasteiger partial charge in [-0.05, 0) is 25.6 Å². The van der Waals surface area contributed by atoms with E-state index in [0.29, 0.717) is 0 Å². The fourth-order valence-electron chi connectivity index (χ4n) is 1.94. The van der Waals surface area contributed by atoms with Crippen LogP contribution in [0.4, 0.5) is 0 Å². The Kier molecular flexibility index (Phi) is 3.74. The van der Waals surface area contributed by atoms with Crippen LogP contribution < -0.4 is 5.32 Å². The van der Waals surface area contributed by atoms with Gasteiger partial charge in [-0.25, -0.2) is 0 Å². The predicted octanol–water partition coefficient (Wildman–Crippen LogP) is 2.91. The minimum Gasteiger partial charge on any atom is -0.312 e. The molecule has 0 saturated carbocycles. The van der Waals surface area contributed by atoms with Crippen molar-refractivity contribution < 1.29 is 0 Å². The molecule has 2 aromatic rings. The Balaban J connectivity index is 2.31.